The normalized spacial score (nSPS) is 10.5. The molecule has 0 fully saturated rings. The van der Waals surface area contributed by atoms with Gasteiger partial charge in [-0.05, 0) is 50.5 Å². The van der Waals surface area contributed by atoms with Crippen LogP contribution in [0.1, 0.15) is 30.0 Å². The number of rotatable bonds is 7. The number of carbonyl (C=O) groups excluding carboxylic acids is 1. The minimum absolute atomic E-state index is 0.463. The predicted molar refractivity (Wildman–Crippen MR) is 93.8 cm³/mol. The molecular weight excluding hydrogens is 304 g/mol. The summed E-state index contributed by atoms with van der Waals surface area (Å²) in [5, 5.41) is 0. The Kier molecular flexibility index (Phi) is 6.82. The molecule has 0 saturated heterocycles. The van der Waals surface area contributed by atoms with Crippen molar-refractivity contribution in [3.63, 3.8) is 0 Å². The van der Waals surface area contributed by atoms with Crippen molar-refractivity contribution in [1.82, 2.24) is 0 Å². The first kappa shape index (κ1) is 18.0. The molecule has 4 heteroatoms. The maximum Gasteiger partial charge on any atom is 0.519 e. The number of hydrogen-bond acceptors (Lipinski definition) is 4. The minimum Gasteiger partial charge on any atom is -0.395 e. The van der Waals surface area contributed by atoms with Crippen molar-refractivity contribution in [3.05, 3.63) is 59.2 Å². The zero-order valence-corrected chi connectivity index (χ0v) is 14.5. The van der Waals surface area contributed by atoms with Crippen LogP contribution in [-0.4, -0.2) is 19.4 Å². The summed E-state index contributed by atoms with van der Waals surface area (Å²) >= 11 is 0. The Morgan fingerprint density at radius 3 is 2.33 bits per heavy atom. The fourth-order valence-electron chi connectivity index (χ4n) is 2.24. The smallest absolute Gasteiger partial charge is 0.395 e. The number of ether oxygens (including phenoxy) is 3. The number of hydrogen-bond donors (Lipinski definition) is 0. The first-order valence-electron chi connectivity index (χ1n) is 8.22. The van der Waals surface area contributed by atoms with Gasteiger partial charge in [-0.25, -0.2) is 4.79 Å². The number of aryl methyl sites for hydroxylation is 2. The summed E-state index contributed by atoms with van der Waals surface area (Å²) in [6, 6.07) is 12.9. The van der Waals surface area contributed by atoms with E-state index in [1.807, 2.05) is 38.1 Å². The summed E-state index contributed by atoms with van der Waals surface area (Å²) in [7, 11) is 0. The van der Waals surface area contributed by atoms with Gasteiger partial charge in [-0.3, -0.25) is 0 Å². The fraction of sp³-hybridized carbons (Fsp3) is 0.350. The lowest BCUT2D eigenvalue weighted by atomic mass is 10.1. The van der Waals surface area contributed by atoms with Crippen molar-refractivity contribution in [1.29, 1.82) is 0 Å². The van der Waals surface area contributed by atoms with E-state index in [1.54, 1.807) is 18.2 Å². The maximum atomic E-state index is 12.0. The molecule has 0 N–H and O–H groups in total. The molecule has 0 aliphatic rings. The number of carbonyl (C=O) groups is 1. The quantitative estimate of drug-likeness (QED) is 0.414. The molecule has 0 atom stereocenters. The Morgan fingerprint density at radius 1 is 0.917 bits per heavy atom. The minimum atomic E-state index is -0.738. The maximum absolute atomic E-state index is 12.0. The van der Waals surface area contributed by atoms with Gasteiger partial charge in [0.05, 0.1) is 6.61 Å². The van der Waals surface area contributed by atoms with E-state index in [2.05, 4.69) is 6.92 Å². The van der Waals surface area contributed by atoms with Crippen LogP contribution in [0.15, 0.2) is 42.5 Å². The molecule has 0 amide bonds. The van der Waals surface area contributed by atoms with Crippen LogP contribution in [0.3, 0.4) is 0 Å². The van der Waals surface area contributed by atoms with Crippen molar-refractivity contribution < 1.29 is 19.0 Å². The molecule has 0 spiro atoms. The summed E-state index contributed by atoms with van der Waals surface area (Å²) in [5.74, 6) is 0.975. The van der Waals surface area contributed by atoms with Crippen molar-refractivity contribution in [2.45, 2.75) is 33.6 Å². The Morgan fingerprint density at radius 2 is 1.62 bits per heavy atom. The number of benzene rings is 2. The molecule has 2 aromatic carbocycles. The second-order valence-electron chi connectivity index (χ2n) is 5.74. The molecule has 0 heterocycles. The van der Waals surface area contributed by atoms with Crippen molar-refractivity contribution >= 4 is 6.16 Å². The molecule has 24 heavy (non-hydrogen) atoms. The van der Waals surface area contributed by atoms with E-state index in [4.69, 9.17) is 14.2 Å². The van der Waals surface area contributed by atoms with Gasteiger partial charge in [0.25, 0.3) is 0 Å². The van der Waals surface area contributed by atoms with Gasteiger partial charge in [0, 0.05) is 6.61 Å². The highest BCUT2D eigenvalue weighted by atomic mass is 16.7. The SMILES string of the molecule is CCCOCCc1cc(C)ccc1OC(=O)Oc1ccc(C)cc1. The summed E-state index contributed by atoms with van der Waals surface area (Å²) in [6.07, 6.45) is 0.938. The van der Waals surface area contributed by atoms with Gasteiger partial charge in [-0.15, -0.1) is 0 Å². The Bertz CT molecular complexity index is 662. The highest BCUT2D eigenvalue weighted by Crippen LogP contribution is 2.22. The molecule has 0 aliphatic heterocycles. The van der Waals surface area contributed by atoms with E-state index >= 15 is 0 Å². The molecule has 0 aliphatic carbocycles. The monoisotopic (exact) mass is 328 g/mol. The van der Waals surface area contributed by atoms with Crippen LogP contribution >= 0.6 is 0 Å². The predicted octanol–water partition coefficient (Wildman–Crippen LogP) is 4.85. The molecule has 4 nitrogen and oxygen atoms in total. The van der Waals surface area contributed by atoms with Crippen LogP contribution in [0.4, 0.5) is 4.79 Å². The zero-order valence-electron chi connectivity index (χ0n) is 14.5. The molecule has 0 unspecified atom stereocenters. The van der Waals surface area contributed by atoms with Gasteiger partial charge < -0.3 is 14.2 Å². The second kappa shape index (κ2) is 9.08. The Hall–Kier alpha value is -2.33. The lowest BCUT2D eigenvalue weighted by Crippen LogP contribution is -2.15. The van der Waals surface area contributed by atoms with Crippen LogP contribution < -0.4 is 9.47 Å². The second-order valence-corrected chi connectivity index (χ2v) is 5.74. The van der Waals surface area contributed by atoms with Crippen LogP contribution in [-0.2, 0) is 11.2 Å². The van der Waals surface area contributed by atoms with Gasteiger partial charge in [-0.1, -0.05) is 42.3 Å². The molecule has 0 aromatic heterocycles. The van der Waals surface area contributed by atoms with E-state index < -0.39 is 6.16 Å². The lowest BCUT2D eigenvalue weighted by molar-refractivity contribution is 0.135. The third kappa shape index (κ3) is 5.70. The highest BCUT2D eigenvalue weighted by Gasteiger charge is 2.12. The van der Waals surface area contributed by atoms with Crippen molar-refractivity contribution in [2.75, 3.05) is 13.2 Å². The first-order valence-corrected chi connectivity index (χ1v) is 8.22. The molecule has 2 aromatic rings. The van der Waals surface area contributed by atoms with Gasteiger partial charge in [0.15, 0.2) is 0 Å². The first-order chi connectivity index (χ1) is 11.6. The molecule has 0 bridgehead atoms. The summed E-state index contributed by atoms with van der Waals surface area (Å²) in [4.78, 5) is 12.0. The van der Waals surface area contributed by atoms with Gasteiger partial charge >= 0.3 is 6.16 Å². The molecule has 128 valence electrons. The van der Waals surface area contributed by atoms with Crippen molar-refractivity contribution in [2.24, 2.45) is 0 Å². The molecular formula is C20H24O4. The summed E-state index contributed by atoms with van der Waals surface area (Å²) < 4.78 is 16.1. The van der Waals surface area contributed by atoms with Crippen LogP contribution in [0, 0.1) is 13.8 Å². The van der Waals surface area contributed by atoms with Gasteiger partial charge in [-0.2, -0.15) is 0 Å². The zero-order chi connectivity index (χ0) is 17.4. The Labute approximate surface area is 143 Å². The van der Waals surface area contributed by atoms with Crippen molar-refractivity contribution in [3.8, 4) is 11.5 Å². The molecule has 0 radical (unpaired) electrons. The van der Waals surface area contributed by atoms with Crippen LogP contribution in [0.2, 0.25) is 0 Å². The van der Waals surface area contributed by atoms with E-state index in [9.17, 15) is 4.79 Å². The van der Waals surface area contributed by atoms with Crippen LogP contribution in [0.25, 0.3) is 0 Å². The van der Waals surface area contributed by atoms with E-state index in [0.717, 1.165) is 29.7 Å². The van der Waals surface area contributed by atoms with E-state index in [-0.39, 0.29) is 0 Å². The average Bonchev–Trinajstić information content (AvgIpc) is 2.56. The topological polar surface area (TPSA) is 44.8 Å². The average molecular weight is 328 g/mol. The van der Waals surface area contributed by atoms with E-state index in [1.165, 1.54) is 0 Å². The third-order valence-electron chi connectivity index (χ3n) is 3.50. The van der Waals surface area contributed by atoms with Gasteiger partial charge in [0.2, 0.25) is 0 Å². The fourth-order valence-corrected chi connectivity index (χ4v) is 2.24. The molecule has 0 saturated carbocycles. The van der Waals surface area contributed by atoms with Crippen LogP contribution in [0.5, 0.6) is 11.5 Å². The highest BCUT2D eigenvalue weighted by molar-refractivity contribution is 5.67. The summed E-state index contributed by atoms with van der Waals surface area (Å²) in [6.45, 7) is 7.38. The Balaban J connectivity index is 1.99. The lowest BCUT2D eigenvalue weighted by Gasteiger charge is -2.11. The summed E-state index contributed by atoms with van der Waals surface area (Å²) in [5.41, 5.74) is 3.15. The standard InChI is InChI=1S/C20H24O4/c1-4-12-22-13-11-17-14-16(3)7-10-19(17)24-20(21)23-18-8-5-15(2)6-9-18/h5-10,14H,4,11-13H2,1-3H3. The largest absolute Gasteiger partial charge is 0.519 e. The molecule has 2 rings (SSSR count). The van der Waals surface area contributed by atoms with Gasteiger partial charge in [0.1, 0.15) is 11.5 Å². The third-order valence-corrected chi connectivity index (χ3v) is 3.50. The van der Waals surface area contributed by atoms with E-state index in [0.29, 0.717) is 24.5 Å².